The molecule has 0 saturated carbocycles. The third-order valence-electron chi connectivity index (χ3n) is 3.41. The van der Waals surface area contributed by atoms with Gasteiger partial charge in [0.05, 0.1) is 0 Å². The van der Waals surface area contributed by atoms with Crippen LogP contribution in [0.3, 0.4) is 0 Å². The predicted molar refractivity (Wildman–Crippen MR) is 85.3 cm³/mol. The molecule has 1 rings (SSSR count). The molecule has 0 heterocycles. The molecule has 2 nitrogen and oxygen atoms in total. The van der Waals surface area contributed by atoms with Gasteiger partial charge in [-0.05, 0) is 18.4 Å². The first kappa shape index (κ1) is 16.5. The lowest BCUT2D eigenvalue weighted by Crippen LogP contribution is -2.17. The van der Waals surface area contributed by atoms with Crippen LogP contribution in [0.25, 0.3) is 0 Å². The Morgan fingerprint density at radius 2 is 1.58 bits per heavy atom. The van der Waals surface area contributed by atoms with Gasteiger partial charge in [0.25, 0.3) is 0 Å². The molecule has 1 N–H and O–H groups in total. The van der Waals surface area contributed by atoms with E-state index in [9.17, 15) is 4.57 Å². The average molecular weight is 281 g/mol. The summed E-state index contributed by atoms with van der Waals surface area (Å²) in [5, 5.41) is 3.40. The Morgan fingerprint density at radius 3 is 2.11 bits per heavy atom. The molecule has 0 aliphatic carbocycles. The number of benzene rings is 1. The van der Waals surface area contributed by atoms with E-state index in [0.717, 1.165) is 44.6 Å². The molecule has 0 radical (unpaired) electrons. The van der Waals surface area contributed by atoms with E-state index >= 15 is 0 Å². The van der Waals surface area contributed by atoms with Gasteiger partial charge in [-0.3, -0.25) is 0 Å². The number of hydrogen-bond donors (Lipinski definition) is 1. The summed E-state index contributed by atoms with van der Waals surface area (Å²) in [4.78, 5) is 0. The summed E-state index contributed by atoms with van der Waals surface area (Å²) in [6.45, 7) is 5.16. The molecule has 1 aromatic rings. The van der Waals surface area contributed by atoms with Crippen molar-refractivity contribution in [3.05, 3.63) is 35.9 Å². The van der Waals surface area contributed by atoms with E-state index in [4.69, 9.17) is 0 Å². The van der Waals surface area contributed by atoms with E-state index in [1.54, 1.807) is 0 Å². The standard InChI is InChI=1S/C16H28NOP/c1-3-5-12-19(18,13-6-4-2)15-17-14-16-10-8-7-9-11-16/h7-11,17H,3-6,12-15H2,1-2H3. The van der Waals surface area contributed by atoms with Crippen LogP contribution in [-0.2, 0) is 11.1 Å². The molecule has 3 heteroatoms. The molecule has 19 heavy (non-hydrogen) atoms. The van der Waals surface area contributed by atoms with Crippen LogP contribution < -0.4 is 5.32 Å². The Labute approximate surface area is 118 Å². The number of hydrogen-bond acceptors (Lipinski definition) is 2. The topological polar surface area (TPSA) is 29.1 Å². The van der Waals surface area contributed by atoms with Gasteiger partial charge in [-0.25, -0.2) is 0 Å². The fourth-order valence-corrected chi connectivity index (χ4v) is 5.01. The van der Waals surface area contributed by atoms with Crippen molar-refractivity contribution in [3.63, 3.8) is 0 Å². The number of rotatable bonds is 10. The van der Waals surface area contributed by atoms with E-state index in [2.05, 4.69) is 31.3 Å². The quantitative estimate of drug-likeness (QED) is 0.630. The van der Waals surface area contributed by atoms with E-state index < -0.39 is 7.14 Å². The Morgan fingerprint density at radius 1 is 1.00 bits per heavy atom. The minimum absolute atomic E-state index is 0.696. The summed E-state index contributed by atoms with van der Waals surface area (Å²) in [5.41, 5.74) is 1.26. The first-order valence-electron chi connectivity index (χ1n) is 7.52. The maximum atomic E-state index is 12.9. The normalized spacial score (nSPS) is 11.7. The highest BCUT2D eigenvalue weighted by Crippen LogP contribution is 2.46. The number of nitrogens with one attached hydrogen (secondary N) is 1. The van der Waals surface area contributed by atoms with Crippen molar-refractivity contribution in [1.29, 1.82) is 0 Å². The van der Waals surface area contributed by atoms with Crippen LogP contribution in [0.2, 0.25) is 0 Å². The van der Waals surface area contributed by atoms with Crippen LogP contribution in [0, 0.1) is 0 Å². The summed E-state index contributed by atoms with van der Waals surface area (Å²) >= 11 is 0. The maximum Gasteiger partial charge on any atom is 0.101 e. The van der Waals surface area contributed by atoms with Crippen LogP contribution >= 0.6 is 7.14 Å². The maximum absolute atomic E-state index is 12.9. The van der Waals surface area contributed by atoms with Gasteiger partial charge < -0.3 is 9.88 Å². The third kappa shape index (κ3) is 6.94. The Balaban J connectivity index is 2.41. The van der Waals surface area contributed by atoms with Crippen molar-refractivity contribution < 1.29 is 4.57 Å². The largest absolute Gasteiger partial charge is 0.322 e. The Bertz CT molecular complexity index is 366. The minimum Gasteiger partial charge on any atom is -0.322 e. The fourth-order valence-electron chi connectivity index (χ4n) is 2.16. The Kier molecular flexibility index (Phi) is 8.09. The van der Waals surface area contributed by atoms with E-state index in [-0.39, 0.29) is 0 Å². The van der Waals surface area contributed by atoms with Crippen LogP contribution in [0.5, 0.6) is 0 Å². The lowest BCUT2D eigenvalue weighted by Gasteiger charge is -2.18. The molecule has 0 aliphatic heterocycles. The lowest BCUT2D eigenvalue weighted by molar-refractivity contribution is 0.563. The molecule has 0 spiro atoms. The zero-order valence-electron chi connectivity index (χ0n) is 12.4. The lowest BCUT2D eigenvalue weighted by atomic mass is 10.2. The molecule has 108 valence electrons. The average Bonchev–Trinajstić information content (AvgIpc) is 2.44. The highest BCUT2D eigenvalue weighted by Gasteiger charge is 2.19. The molecule has 0 bridgehead atoms. The van der Waals surface area contributed by atoms with Crippen molar-refractivity contribution in [2.75, 3.05) is 18.6 Å². The van der Waals surface area contributed by atoms with Gasteiger partial charge >= 0.3 is 0 Å². The van der Waals surface area contributed by atoms with Crippen LogP contribution in [0.4, 0.5) is 0 Å². The smallest absolute Gasteiger partial charge is 0.101 e. The summed E-state index contributed by atoms with van der Waals surface area (Å²) in [6.07, 6.45) is 6.96. The molecule has 0 aromatic heterocycles. The second-order valence-corrected chi connectivity index (χ2v) is 8.61. The van der Waals surface area contributed by atoms with Gasteiger partial charge in [0.2, 0.25) is 0 Å². The third-order valence-corrected chi connectivity index (χ3v) is 6.47. The van der Waals surface area contributed by atoms with Crippen LogP contribution in [-0.4, -0.2) is 18.6 Å². The molecular formula is C16H28NOP. The molecule has 1 aromatic carbocycles. The highest BCUT2D eigenvalue weighted by atomic mass is 31.2. The second kappa shape index (κ2) is 9.34. The molecule has 0 fully saturated rings. The van der Waals surface area contributed by atoms with Gasteiger partial charge in [-0.1, -0.05) is 57.0 Å². The van der Waals surface area contributed by atoms with Gasteiger partial charge in [0.1, 0.15) is 7.14 Å². The van der Waals surface area contributed by atoms with Crippen molar-refractivity contribution in [2.24, 2.45) is 0 Å². The molecule has 0 amide bonds. The van der Waals surface area contributed by atoms with Gasteiger partial charge in [-0.15, -0.1) is 0 Å². The van der Waals surface area contributed by atoms with E-state index in [1.807, 2.05) is 18.2 Å². The van der Waals surface area contributed by atoms with E-state index in [0.29, 0.717) is 6.29 Å². The zero-order chi connectivity index (χ0) is 14.0. The second-order valence-electron chi connectivity index (χ2n) is 5.28. The van der Waals surface area contributed by atoms with Gasteiger partial charge in [0.15, 0.2) is 0 Å². The zero-order valence-corrected chi connectivity index (χ0v) is 13.3. The molecule has 0 aliphatic rings. The summed E-state index contributed by atoms with van der Waals surface area (Å²) in [6, 6.07) is 10.3. The first-order chi connectivity index (χ1) is 9.20. The summed E-state index contributed by atoms with van der Waals surface area (Å²) in [5.74, 6) is 0. The van der Waals surface area contributed by atoms with Crippen molar-refractivity contribution in [2.45, 2.75) is 46.1 Å². The van der Waals surface area contributed by atoms with Crippen molar-refractivity contribution >= 4 is 7.14 Å². The molecule has 0 atom stereocenters. The van der Waals surface area contributed by atoms with Crippen molar-refractivity contribution in [1.82, 2.24) is 5.32 Å². The molecule has 0 saturated heterocycles. The van der Waals surface area contributed by atoms with Gasteiger partial charge in [-0.2, -0.15) is 0 Å². The van der Waals surface area contributed by atoms with E-state index in [1.165, 1.54) is 5.56 Å². The summed E-state index contributed by atoms with van der Waals surface area (Å²) < 4.78 is 12.9. The molecule has 0 unspecified atom stereocenters. The Hall–Kier alpha value is -0.590. The van der Waals surface area contributed by atoms with Gasteiger partial charge in [0, 0.05) is 25.2 Å². The fraction of sp³-hybridized carbons (Fsp3) is 0.625. The highest BCUT2D eigenvalue weighted by molar-refractivity contribution is 7.63. The number of unbranched alkanes of at least 4 members (excludes halogenated alkanes) is 2. The SMILES string of the molecule is CCCCP(=O)(CCCC)CNCc1ccccc1. The van der Waals surface area contributed by atoms with Crippen LogP contribution in [0.15, 0.2) is 30.3 Å². The van der Waals surface area contributed by atoms with Crippen LogP contribution in [0.1, 0.15) is 45.1 Å². The summed E-state index contributed by atoms with van der Waals surface area (Å²) in [7, 11) is -2.00. The monoisotopic (exact) mass is 281 g/mol. The first-order valence-corrected chi connectivity index (χ1v) is 9.78. The van der Waals surface area contributed by atoms with Crippen molar-refractivity contribution in [3.8, 4) is 0 Å². The molecular weight excluding hydrogens is 253 g/mol. The predicted octanol–water partition coefficient (Wildman–Crippen LogP) is 4.70. The minimum atomic E-state index is -2.00.